The average Bonchev–Trinajstić information content (AvgIpc) is 2.02. The van der Waals surface area contributed by atoms with Gasteiger partial charge in [-0.3, -0.25) is 0 Å². The molecule has 0 aliphatic heterocycles. The Morgan fingerprint density at radius 2 is 1.83 bits per heavy atom. The highest BCUT2D eigenvalue weighted by atomic mass is 16.5. The molecule has 0 spiro atoms. The van der Waals surface area contributed by atoms with Gasteiger partial charge >= 0.3 is 5.97 Å². The Bertz CT molecular complexity index is 247. The van der Waals surface area contributed by atoms with Crippen LogP contribution < -0.4 is 0 Å². The molecule has 0 atom stereocenters. The van der Waals surface area contributed by atoms with Crippen molar-refractivity contribution in [2.75, 3.05) is 7.11 Å². The van der Waals surface area contributed by atoms with Crippen LogP contribution in [0, 0.1) is 0 Å². The molecule has 0 aliphatic rings. The third-order valence-electron chi connectivity index (χ3n) is 1.51. The van der Waals surface area contributed by atoms with Crippen LogP contribution in [0.3, 0.4) is 0 Å². The maximum atomic E-state index is 10.9. The fourth-order valence-corrected chi connectivity index (χ4v) is 0.575. The van der Waals surface area contributed by atoms with Crippen molar-refractivity contribution < 1.29 is 9.53 Å². The van der Waals surface area contributed by atoms with E-state index in [4.69, 9.17) is 0 Å². The Morgan fingerprint density at radius 1 is 1.33 bits per heavy atom. The molecule has 0 radical (unpaired) electrons. The first-order valence-electron chi connectivity index (χ1n) is 3.60. The van der Waals surface area contributed by atoms with Crippen LogP contribution in [-0.2, 0) is 9.53 Å². The quantitative estimate of drug-likeness (QED) is 0.365. The predicted octanol–water partition coefficient (Wildman–Crippen LogP) is 2.24. The van der Waals surface area contributed by atoms with Crippen molar-refractivity contribution in [2.45, 2.75) is 13.8 Å². The lowest BCUT2D eigenvalue weighted by Crippen LogP contribution is -2.01. The highest BCUT2D eigenvalue weighted by Gasteiger charge is 2.02. The molecule has 0 saturated heterocycles. The molecule has 0 aliphatic carbocycles. The minimum absolute atomic E-state index is 0.345. The summed E-state index contributed by atoms with van der Waals surface area (Å²) in [7, 11) is 1.33. The van der Waals surface area contributed by atoms with Crippen molar-refractivity contribution >= 4 is 5.97 Å². The summed E-state index contributed by atoms with van der Waals surface area (Å²) in [6.45, 7) is 11.0. The highest BCUT2D eigenvalue weighted by molar-refractivity contribution is 5.91. The van der Waals surface area contributed by atoms with Crippen molar-refractivity contribution in [3.8, 4) is 0 Å². The molecule has 2 nitrogen and oxygen atoms in total. The Hall–Kier alpha value is -1.31. The summed E-state index contributed by atoms with van der Waals surface area (Å²) in [6.07, 6.45) is 1.66. The van der Waals surface area contributed by atoms with Crippen LogP contribution in [0.4, 0.5) is 0 Å². The van der Waals surface area contributed by atoms with Crippen LogP contribution in [0.5, 0.6) is 0 Å². The minimum Gasteiger partial charge on any atom is -0.465 e. The smallest absolute Gasteiger partial charge is 0.337 e. The summed E-state index contributed by atoms with van der Waals surface area (Å²) >= 11 is 0. The van der Waals surface area contributed by atoms with Crippen molar-refractivity contribution in [3.05, 3.63) is 36.0 Å². The Morgan fingerprint density at radius 3 is 2.17 bits per heavy atom. The van der Waals surface area contributed by atoms with E-state index >= 15 is 0 Å². The first-order valence-corrected chi connectivity index (χ1v) is 3.60. The van der Waals surface area contributed by atoms with Gasteiger partial charge in [-0.25, -0.2) is 4.79 Å². The van der Waals surface area contributed by atoms with Crippen molar-refractivity contribution in [3.63, 3.8) is 0 Å². The molecule has 0 rings (SSSR count). The number of hydrogen-bond acceptors (Lipinski definition) is 2. The van der Waals surface area contributed by atoms with Gasteiger partial charge in [-0.15, -0.1) is 0 Å². The second-order valence-electron chi connectivity index (χ2n) is 2.62. The van der Waals surface area contributed by atoms with E-state index in [0.29, 0.717) is 5.57 Å². The van der Waals surface area contributed by atoms with Crippen LogP contribution in [0.15, 0.2) is 36.0 Å². The summed E-state index contributed by atoms with van der Waals surface area (Å²) in [5.41, 5.74) is 2.20. The van der Waals surface area contributed by atoms with Crippen molar-refractivity contribution in [2.24, 2.45) is 0 Å². The standard InChI is InChI=1S/C10H14O2/c1-7(2)8(3)6-9(4)10(11)12-5/h6H,1,4H2,2-3,5H3/b8-6-. The first-order chi connectivity index (χ1) is 5.49. The molecule has 0 aromatic heterocycles. The van der Waals surface area contributed by atoms with Gasteiger partial charge in [-0.1, -0.05) is 18.7 Å². The van der Waals surface area contributed by atoms with Crippen LogP contribution in [0.2, 0.25) is 0 Å². The minimum atomic E-state index is -0.407. The van der Waals surface area contributed by atoms with E-state index in [1.54, 1.807) is 6.08 Å². The normalized spacial score (nSPS) is 10.8. The summed E-state index contributed by atoms with van der Waals surface area (Å²) < 4.78 is 4.48. The molecule has 0 aromatic carbocycles. The zero-order valence-electron chi connectivity index (χ0n) is 7.81. The molecular weight excluding hydrogens is 152 g/mol. The summed E-state index contributed by atoms with van der Waals surface area (Å²) in [4.78, 5) is 10.9. The molecule has 0 N–H and O–H groups in total. The fourth-order valence-electron chi connectivity index (χ4n) is 0.575. The molecule has 0 unspecified atom stereocenters. The third kappa shape index (κ3) is 3.19. The summed E-state index contributed by atoms with van der Waals surface area (Å²) in [6, 6.07) is 0. The molecule has 0 amide bonds. The van der Waals surface area contributed by atoms with Gasteiger partial charge in [-0.05, 0) is 25.5 Å². The van der Waals surface area contributed by atoms with E-state index in [1.165, 1.54) is 7.11 Å². The van der Waals surface area contributed by atoms with Gasteiger partial charge in [0.2, 0.25) is 0 Å². The lowest BCUT2D eigenvalue weighted by atomic mass is 10.1. The predicted molar refractivity (Wildman–Crippen MR) is 49.7 cm³/mol. The molecule has 0 saturated carbocycles. The monoisotopic (exact) mass is 166 g/mol. The number of hydrogen-bond donors (Lipinski definition) is 0. The number of esters is 1. The first kappa shape index (κ1) is 10.7. The molecule has 12 heavy (non-hydrogen) atoms. The van der Waals surface area contributed by atoms with Crippen LogP contribution in [-0.4, -0.2) is 13.1 Å². The van der Waals surface area contributed by atoms with Gasteiger partial charge in [0.1, 0.15) is 0 Å². The topological polar surface area (TPSA) is 26.3 Å². The lowest BCUT2D eigenvalue weighted by molar-refractivity contribution is -0.135. The fraction of sp³-hybridized carbons (Fsp3) is 0.300. The zero-order valence-corrected chi connectivity index (χ0v) is 7.81. The number of ether oxygens (including phenoxy) is 1. The second-order valence-corrected chi connectivity index (χ2v) is 2.62. The van der Waals surface area contributed by atoms with E-state index in [-0.39, 0.29) is 0 Å². The van der Waals surface area contributed by atoms with Gasteiger partial charge in [0.05, 0.1) is 12.7 Å². The maximum Gasteiger partial charge on any atom is 0.337 e. The molecule has 0 bridgehead atoms. The number of carbonyl (C=O) groups excluding carboxylic acids is 1. The van der Waals surface area contributed by atoms with E-state index in [9.17, 15) is 4.79 Å². The van der Waals surface area contributed by atoms with Gasteiger partial charge < -0.3 is 4.74 Å². The number of methoxy groups -OCH3 is 1. The number of carbonyl (C=O) groups is 1. The lowest BCUT2D eigenvalue weighted by Gasteiger charge is -2.00. The maximum absolute atomic E-state index is 10.9. The SMILES string of the molecule is C=C(/C=C(/C)C(=C)C)C(=O)OC. The van der Waals surface area contributed by atoms with Crippen LogP contribution in [0.25, 0.3) is 0 Å². The van der Waals surface area contributed by atoms with Crippen LogP contribution >= 0.6 is 0 Å². The van der Waals surface area contributed by atoms with E-state index < -0.39 is 5.97 Å². The molecule has 2 heteroatoms. The van der Waals surface area contributed by atoms with E-state index in [2.05, 4.69) is 17.9 Å². The van der Waals surface area contributed by atoms with Gasteiger partial charge in [0.25, 0.3) is 0 Å². The Labute approximate surface area is 73.2 Å². The third-order valence-corrected chi connectivity index (χ3v) is 1.51. The summed E-state index contributed by atoms with van der Waals surface area (Å²) in [5.74, 6) is -0.407. The molecule has 0 fully saturated rings. The molecule has 66 valence electrons. The van der Waals surface area contributed by atoms with E-state index in [0.717, 1.165) is 11.1 Å². The number of allylic oxidation sites excluding steroid dienone is 2. The van der Waals surface area contributed by atoms with Gasteiger partial charge in [-0.2, -0.15) is 0 Å². The van der Waals surface area contributed by atoms with Gasteiger partial charge in [0, 0.05) is 0 Å². The van der Waals surface area contributed by atoms with Crippen molar-refractivity contribution in [1.29, 1.82) is 0 Å². The largest absolute Gasteiger partial charge is 0.465 e. The molecule has 0 heterocycles. The Balaban J connectivity index is 4.44. The van der Waals surface area contributed by atoms with Gasteiger partial charge in [0.15, 0.2) is 0 Å². The molecular formula is C10H14O2. The van der Waals surface area contributed by atoms with Crippen molar-refractivity contribution in [1.82, 2.24) is 0 Å². The second kappa shape index (κ2) is 4.54. The summed E-state index contributed by atoms with van der Waals surface area (Å²) in [5, 5.41) is 0. The average molecular weight is 166 g/mol. The zero-order chi connectivity index (χ0) is 9.72. The number of rotatable bonds is 3. The Kier molecular flexibility index (Phi) is 4.05. The molecule has 0 aromatic rings. The van der Waals surface area contributed by atoms with Crippen LogP contribution in [0.1, 0.15) is 13.8 Å². The highest BCUT2D eigenvalue weighted by Crippen LogP contribution is 2.08. The van der Waals surface area contributed by atoms with E-state index in [1.807, 2.05) is 13.8 Å².